The molecule has 6 heteroatoms. The number of sulfonamides is 1. The molecule has 0 spiro atoms. The van der Waals surface area contributed by atoms with Gasteiger partial charge >= 0.3 is 0 Å². The third kappa shape index (κ3) is 4.38. The second-order valence-corrected chi connectivity index (χ2v) is 10.6. The summed E-state index contributed by atoms with van der Waals surface area (Å²) in [6, 6.07) is 16.6. The maximum Gasteiger partial charge on any atom is 0.214 e. The Morgan fingerprint density at radius 2 is 1.48 bits per heavy atom. The second kappa shape index (κ2) is 8.28. The Labute approximate surface area is 173 Å². The van der Waals surface area contributed by atoms with Gasteiger partial charge in [0.25, 0.3) is 0 Å². The van der Waals surface area contributed by atoms with Crippen molar-refractivity contribution in [3.05, 3.63) is 48.5 Å². The van der Waals surface area contributed by atoms with Crippen LogP contribution < -0.4 is 10.0 Å². The molecule has 0 bridgehead atoms. The third-order valence-electron chi connectivity index (χ3n) is 5.95. The summed E-state index contributed by atoms with van der Waals surface area (Å²) in [5.74, 6) is 0.542. The molecule has 1 heterocycles. The van der Waals surface area contributed by atoms with Crippen LogP contribution >= 0.6 is 0 Å². The summed E-state index contributed by atoms with van der Waals surface area (Å²) in [6.45, 7) is 4.34. The molecule has 29 heavy (non-hydrogen) atoms. The number of pyridine rings is 1. The van der Waals surface area contributed by atoms with E-state index < -0.39 is 10.0 Å². The fourth-order valence-corrected chi connectivity index (χ4v) is 5.10. The summed E-state index contributed by atoms with van der Waals surface area (Å²) < 4.78 is 27.1. The summed E-state index contributed by atoms with van der Waals surface area (Å²) >= 11 is 0. The van der Waals surface area contributed by atoms with Gasteiger partial charge in [-0.05, 0) is 57.6 Å². The largest absolute Gasteiger partial charge is 0.384 e. The van der Waals surface area contributed by atoms with Crippen LogP contribution in [0.3, 0.4) is 0 Å². The van der Waals surface area contributed by atoms with Gasteiger partial charge in [-0.3, -0.25) is 0 Å². The van der Waals surface area contributed by atoms with E-state index in [0.717, 1.165) is 59.7 Å². The Hall–Kier alpha value is -2.18. The van der Waals surface area contributed by atoms with Gasteiger partial charge in [0.1, 0.15) is 0 Å². The number of anilines is 1. The minimum absolute atomic E-state index is 0.0706. The van der Waals surface area contributed by atoms with Crippen LogP contribution in [0.2, 0.25) is 0 Å². The molecule has 4 rings (SSSR count). The molecule has 1 fully saturated rings. The first-order chi connectivity index (χ1) is 13.9. The van der Waals surface area contributed by atoms with Gasteiger partial charge < -0.3 is 5.32 Å². The van der Waals surface area contributed by atoms with Gasteiger partial charge in [-0.1, -0.05) is 36.4 Å². The maximum absolute atomic E-state index is 12.1. The van der Waals surface area contributed by atoms with Crippen molar-refractivity contribution in [3.8, 4) is 0 Å². The minimum atomic E-state index is -3.19. The first-order valence-electron chi connectivity index (χ1n) is 10.5. The van der Waals surface area contributed by atoms with Crippen LogP contribution in [0.4, 0.5) is 5.69 Å². The fraction of sp³-hybridized carbons (Fsp3) is 0.435. The highest BCUT2D eigenvalue weighted by Gasteiger charge is 2.26. The number of nitrogens with one attached hydrogen (secondary N) is 2. The molecule has 1 aliphatic carbocycles. The number of hydrogen-bond acceptors (Lipinski definition) is 4. The van der Waals surface area contributed by atoms with Gasteiger partial charge in [0.05, 0.1) is 22.0 Å². The van der Waals surface area contributed by atoms with E-state index in [0.29, 0.717) is 5.92 Å². The summed E-state index contributed by atoms with van der Waals surface area (Å²) in [6.07, 6.45) is 3.85. The van der Waals surface area contributed by atoms with Gasteiger partial charge in [-0.15, -0.1) is 0 Å². The van der Waals surface area contributed by atoms with Crippen LogP contribution in [0.15, 0.2) is 48.5 Å². The first-order valence-corrected chi connectivity index (χ1v) is 12.0. The molecule has 1 aromatic heterocycles. The highest BCUT2D eigenvalue weighted by Crippen LogP contribution is 2.32. The Morgan fingerprint density at radius 3 is 2.03 bits per heavy atom. The molecule has 154 valence electrons. The molecule has 0 amide bonds. The van der Waals surface area contributed by atoms with E-state index in [1.165, 1.54) is 0 Å². The Balaban J connectivity index is 1.46. The lowest BCUT2D eigenvalue weighted by molar-refractivity contribution is 0.323. The van der Waals surface area contributed by atoms with Crippen molar-refractivity contribution in [2.24, 2.45) is 5.92 Å². The van der Waals surface area contributed by atoms with E-state index in [-0.39, 0.29) is 11.3 Å². The molecular weight excluding hydrogens is 382 g/mol. The fourth-order valence-electron chi connectivity index (χ4n) is 4.13. The number of para-hydroxylation sites is 2. The van der Waals surface area contributed by atoms with Crippen LogP contribution in [0, 0.1) is 5.92 Å². The second-order valence-electron chi connectivity index (χ2n) is 8.33. The van der Waals surface area contributed by atoms with E-state index in [4.69, 9.17) is 4.98 Å². The van der Waals surface area contributed by atoms with Crippen molar-refractivity contribution in [3.63, 3.8) is 0 Å². The van der Waals surface area contributed by atoms with Gasteiger partial charge in [-0.2, -0.15) is 0 Å². The maximum atomic E-state index is 12.1. The average molecular weight is 412 g/mol. The first kappa shape index (κ1) is 20.1. The molecule has 3 aromatic rings. The van der Waals surface area contributed by atoms with Crippen LogP contribution in [0.1, 0.15) is 39.5 Å². The summed E-state index contributed by atoms with van der Waals surface area (Å²) in [4.78, 5) is 4.79. The van der Waals surface area contributed by atoms with Crippen LogP contribution in [0.25, 0.3) is 21.8 Å². The molecule has 1 saturated carbocycles. The molecule has 0 atom stereocenters. The molecule has 0 radical (unpaired) electrons. The van der Waals surface area contributed by atoms with Crippen molar-refractivity contribution in [2.75, 3.05) is 11.9 Å². The number of fused-ring (bicyclic) bond motifs is 2. The zero-order chi connectivity index (χ0) is 20.4. The number of rotatable bonds is 6. The van der Waals surface area contributed by atoms with Crippen LogP contribution in [-0.4, -0.2) is 31.2 Å². The van der Waals surface area contributed by atoms with Gasteiger partial charge in [0.15, 0.2) is 0 Å². The molecule has 2 N–H and O–H groups in total. The molecule has 1 aliphatic rings. The van der Waals surface area contributed by atoms with Gasteiger partial charge in [0, 0.05) is 23.4 Å². The predicted octanol–water partition coefficient (Wildman–Crippen LogP) is 4.69. The van der Waals surface area contributed by atoms with E-state index in [9.17, 15) is 8.42 Å². The molecular formula is C23H29N3O2S. The Kier molecular flexibility index (Phi) is 5.74. The van der Waals surface area contributed by atoms with Gasteiger partial charge in [0.2, 0.25) is 10.0 Å². The zero-order valence-corrected chi connectivity index (χ0v) is 17.9. The molecule has 5 nitrogen and oxygen atoms in total. The minimum Gasteiger partial charge on any atom is -0.384 e. The van der Waals surface area contributed by atoms with E-state index in [1.54, 1.807) is 13.8 Å². The van der Waals surface area contributed by atoms with Crippen molar-refractivity contribution < 1.29 is 8.42 Å². The molecule has 0 saturated heterocycles. The molecule has 0 unspecified atom stereocenters. The van der Waals surface area contributed by atoms with E-state index >= 15 is 0 Å². The zero-order valence-electron chi connectivity index (χ0n) is 17.1. The summed E-state index contributed by atoms with van der Waals surface area (Å²) in [7, 11) is -3.19. The van der Waals surface area contributed by atoms with E-state index in [2.05, 4.69) is 46.4 Å². The summed E-state index contributed by atoms with van der Waals surface area (Å²) in [5, 5.41) is 5.61. The normalized spacial score (nSPS) is 20.4. The Morgan fingerprint density at radius 1 is 0.931 bits per heavy atom. The number of nitrogens with zero attached hydrogens (tertiary/aromatic N) is 1. The topological polar surface area (TPSA) is 71.1 Å². The standard InChI is InChI=1S/C23H29N3O2S/c1-16(2)29(27,28)26-18-13-11-17(12-14-18)15-24-23-19-7-3-5-9-21(19)25-22-10-6-4-8-20(22)23/h3-10,16-18,26H,11-15H2,1-2H3,(H,24,25). The van der Waals surface area contributed by atoms with Crippen LogP contribution in [-0.2, 0) is 10.0 Å². The average Bonchev–Trinajstić information content (AvgIpc) is 2.72. The van der Waals surface area contributed by atoms with Crippen molar-refractivity contribution in [1.29, 1.82) is 0 Å². The van der Waals surface area contributed by atoms with Crippen molar-refractivity contribution >= 4 is 37.5 Å². The van der Waals surface area contributed by atoms with Crippen LogP contribution in [0.5, 0.6) is 0 Å². The van der Waals surface area contributed by atoms with Crippen molar-refractivity contribution in [1.82, 2.24) is 9.71 Å². The number of aromatic nitrogens is 1. The monoisotopic (exact) mass is 411 g/mol. The SMILES string of the molecule is CC(C)S(=O)(=O)NC1CCC(CNc2c3ccccc3nc3ccccc23)CC1. The summed E-state index contributed by atoms with van der Waals surface area (Å²) in [5.41, 5.74) is 3.15. The Bertz CT molecular complexity index is 1050. The highest BCUT2D eigenvalue weighted by atomic mass is 32.2. The molecule has 0 aliphatic heterocycles. The van der Waals surface area contributed by atoms with Crippen molar-refractivity contribution in [2.45, 2.75) is 50.8 Å². The lowest BCUT2D eigenvalue weighted by atomic mass is 9.86. The highest BCUT2D eigenvalue weighted by molar-refractivity contribution is 7.90. The number of hydrogen-bond donors (Lipinski definition) is 2. The molecule has 2 aromatic carbocycles. The van der Waals surface area contributed by atoms with Gasteiger partial charge in [-0.25, -0.2) is 18.1 Å². The third-order valence-corrected chi connectivity index (χ3v) is 7.86. The lowest BCUT2D eigenvalue weighted by Crippen LogP contribution is -2.41. The quantitative estimate of drug-likeness (QED) is 0.578. The van der Waals surface area contributed by atoms with E-state index in [1.807, 2.05) is 12.1 Å². The smallest absolute Gasteiger partial charge is 0.214 e. The lowest BCUT2D eigenvalue weighted by Gasteiger charge is -2.30. The number of benzene rings is 2. The predicted molar refractivity (Wildman–Crippen MR) is 121 cm³/mol.